The first-order valence-electron chi connectivity index (χ1n) is 7.91. The summed E-state index contributed by atoms with van der Waals surface area (Å²) in [5.41, 5.74) is 0.448. The maximum absolute atomic E-state index is 12.3. The van der Waals surface area contributed by atoms with Gasteiger partial charge in [0, 0.05) is 11.1 Å². The summed E-state index contributed by atoms with van der Waals surface area (Å²) in [6.45, 7) is 16.5. The number of hydrogen-bond acceptors (Lipinski definition) is 6. The van der Waals surface area contributed by atoms with Gasteiger partial charge in [0.2, 0.25) is 10.0 Å². The normalized spacial score (nSPS) is 16.5. The summed E-state index contributed by atoms with van der Waals surface area (Å²) in [5, 5.41) is 0. The molecule has 0 radical (unpaired) electrons. The maximum Gasteiger partial charge on any atom is 0.333 e. The van der Waals surface area contributed by atoms with Crippen LogP contribution in [0.25, 0.3) is 0 Å². The fourth-order valence-corrected chi connectivity index (χ4v) is 3.68. The van der Waals surface area contributed by atoms with Gasteiger partial charge in [-0.1, -0.05) is 13.2 Å². The molecule has 0 rings (SSSR count). The molecule has 0 bridgehead atoms. The highest BCUT2D eigenvalue weighted by molar-refractivity contribution is 7.88. The highest BCUT2D eigenvalue weighted by atomic mass is 32.2. The molecule has 0 spiro atoms. The summed E-state index contributed by atoms with van der Waals surface area (Å²) in [6, 6.07) is -1.33. The third-order valence-corrected chi connectivity index (χ3v) is 5.26. The van der Waals surface area contributed by atoms with E-state index in [1.54, 1.807) is 27.7 Å². The van der Waals surface area contributed by atoms with E-state index in [1.807, 2.05) is 0 Å². The van der Waals surface area contributed by atoms with Gasteiger partial charge in [-0.3, -0.25) is 0 Å². The summed E-state index contributed by atoms with van der Waals surface area (Å²) in [6.07, 6.45) is -0.378. The van der Waals surface area contributed by atoms with E-state index in [2.05, 4.69) is 13.2 Å². The zero-order chi connectivity index (χ0) is 20.1. The Balaban J connectivity index is 5.43. The van der Waals surface area contributed by atoms with E-state index in [9.17, 15) is 18.0 Å². The number of sulfonamides is 1. The average molecular weight is 375 g/mol. The van der Waals surface area contributed by atoms with Crippen LogP contribution in [-0.2, 0) is 29.1 Å². The molecule has 0 heterocycles. The fraction of sp³-hybridized carbons (Fsp3) is 0.647. The van der Waals surface area contributed by atoms with Crippen LogP contribution in [0.15, 0.2) is 24.3 Å². The van der Waals surface area contributed by atoms with Crippen molar-refractivity contribution in [3.05, 3.63) is 24.3 Å². The largest absolute Gasteiger partial charge is 0.458 e. The Labute approximate surface area is 150 Å². The van der Waals surface area contributed by atoms with E-state index in [0.717, 1.165) is 6.26 Å². The number of ether oxygens (including phenoxy) is 2. The minimum absolute atomic E-state index is 0.224. The molecule has 0 saturated heterocycles. The second-order valence-electron chi connectivity index (χ2n) is 6.36. The van der Waals surface area contributed by atoms with Gasteiger partial charge in [-0.05, 0) is 41.5 Å². The van der Waals surface area contributed by atoms with Crippen molar-refractivity contribution < 1.29 is 27.5 Å². The Hall–Kier alpha value is -1.67. The molecule has 8 heteroatoms. The quantitative estimate of drug-likeness (QED) is 0.452. The molecule has 0 saturated carbocycles. The molecule has 25 heavy (non-hydrogen) atoms. The van der Waals surface area contributed by atoms with Crippen LogP contribution < -0.4 is 0 Å². The molecule has 0 N–H and O–H groups in total. The minimum Gasteiger partial charge on any atom is -0.458 e. The SMILES string of the molecule is C=C(C)C(=O)OC(C)C(C)N(C(C)C(C)OC(=O)C(=C)C)S(C)(=O)=O. The Morgan fingerprint density at radius 3 is 1.32 bits per heavy atom. The van der Waals surface area contributed by atoms with E-state index in [1.165, 1.54) is 18.2 Å². The molecule has 0 aromatic carbocycles. The molecule has 0 aromatic rings. The predicted octanol–water partition coefficient (Wildman–Crippen LogP) is 2.04. The number of nitrogens with zero attached hydrogens (tertiary/aromatic N) is 1. The standard InChI is InChI=1S/C17H29NO6S/c1-10(2)16(19)23-14(7)12(5)18(25(9,21)22)13(6)15(8)24-17(20)11(3)4/h12-15H,1,3H2,2,4-9H3. The first-order chi connectivity index (χ1) is 11.2. The van der Waals surface area contributed by atoms with E-state index in [4.69, 9.17) is 9.47 Å². The van der Waals surface area contributed by atoms with Crippen molar-refractivity contribution in [2.24, 2.45) is 0 Å². The molecule has 7 nitrogen and oxygen atoms in total. The lowest BCUT2D eigenvalue weighted by atomic mass is 10.1. The van der Waals surface area contributed by atoms with Crippen LogP contribution >= 0.6 is 0 Å². The van der Waals surface area contributed by atoms with Crippen molar-refractivity contribution in [1.82, 2.24) is 4.31 Å². The van der Waals surface area contributed by atoms with Crippen LogP contribution in [0.4, 0.5) is 0 Å². The van der Waals surface area contributed by atoms with Crippen molar-refractivity contribution in [3.63, 3.8) is 0 Å². The van der Waals surface area contributed by atoms with E-state index in [-0.39, 0.29) is 11.1 Å². The van der Waals surface area contributed by atoms with Crippen LogP contribution in [0, 0.1) is 0 Å². The molecule has 0 aliphatic rings. The molecule has 0 aliphatic carbocycles. The summed E-state index contributed by atoms with van der Waals surface area (Å²) < 4.78 is 36.2. The third kappa shape index (κ3) is 6.99. The molecule has 0 aromatic heterocycles. The molecule has 0 aliphatic heterocycles. The number of carbonyl (C=O) groups excluding carboxylic acids is 2. The minimum atomic E-state index is -3.66. The topological polar surface area (TPSA) is 90.0 Å². The van der Waals surface area contributed by atoms with Crippen molar-refractivity contribution in [2.45, 2.75) is 65.8 Å². The smallest absolute Gasteiger partial charge is 0.333 e. The van der Waals surface area contributed by atoms with Crippen LogP contribution in [0.3, 0.4) is 0 Å². The van der Waals surface area contributed by atoms with Gasteiger partial charge in [0.15, 0.2) is 0 Å². The number of rotatable bonds is 9. The van der Waals surface area contributed by atoms with Gasteiger partial charge in [-0.15, -0.1) is 0 Å². The Bertz CT molecular complexity index is 600. The predicted molar refractivity (Wildman–Crippen MR) is 96.3 cm³/mol. The fourth-order valence-electron chi connectivity index (χ4n) is 2.12. The molecule has 144 valence electrons. The first-order valence-corrected chi connectivity index (χ1v) is 9.76. The van der Waals surface area contributed by atoms with Crippen LogP contribution in [0.1, 0.15) is 41.5 Å². The highest BCUT2D eigenvalue weighted by Crippen LogP contribution is 2.20. The Morgan fingerprint density at radius 2 is 1.12 bits per heavy atom. The van der Waals surface area contributed by atoms with Gasteiger partial charge < -0.3 is 9.47 Å². The second kappa shape index (κ2) is 9.15. The first kappa shape index (κ1) is 23.3. The molecular formula is C17H29NO6S. The van der Waals surface area contributed by atoms with Gasteiger partial charge in [0.05, 0.1) is 18.3 Å². The van der Waals surface area contributed by atoms with E-state index < -0.39 is 46.3 Å². The van der Waals surface area contributed by atoms with Gasteiger partial charge >= 0.3 is 11.9 Å². The van der Waals surface area contributed by atoms with Gasteiger partial charge in [-0.25, -0.2) is 18.0 Å². The third-order valence-electron chi connectivity index (χ3n) is 3.83. The van der Waals surface area contributed by atoms with Crippen molar-refractivity contribution in [1.29, 1.82) is 0 Å². The molecular weight excluding hydrogens is 346 g/mol. The summed E-state index contributed by atoms with van der Waals surface area (Å²) in [5.74, 6) is -1.19. The highest BCUT2D eigenvalue weighted by Gasteiger charge is 2.37. The zero-order valence-corrected chi connectivity index (χ0v) is 16.8. The van der Waals surface area contributed by atoms with Gasteiger partial charge in [-0.2, -0.15) is 4.31 Å². The lowest BCUT2D eigenvalue weighted by molar-refractivity contribution is -0.148. The lowest BCUT2D eigenvalue weighted by Crippen LogP contribution is -2.53. The summed E-state index contributed by atoms with van der Waals surface area (Å²) in [7, 11) is -3.66. The van der Waals surface area contributed by atoms with E-state index >= 15 is 0 Å². The Morgan fingerprint density at radius 1 is 0.840 bits per heavy atom. The monoisotopic (exact) mass is 375 g/mol. The molecule has 4 atom stereocenters. The summed E-state index contributed by atoms with van der Waals surface area (Å²) in [4.78, 5) is 23.4. The molecule has 0 fully saturated rings. The van der Waals surface area contributed by atoms with Crippen LogP contribution in [0.5, 0.6) is 0 Å². The van der Waals surface area contributed by atoms with Crippen molar-refractivity contribution in [3.8, 4) is 0 Å². The van der Waals surface area contributed by atoms with Crippen LogP contribution in [0.2, 0.25) is 0 Å². The zero-order valence-electron chi connectivity index (χ0n) is 16.0. The van der Waals surface area contributed by atoms with Gasteiger partial charge in [0.25, 0.3) is 0 Å². The number of hydrogen-bond donors (Lipinski definition) is 0. The number of esters is 2. The van der Waals surface area contributed by atoms with E-state index in [0.29, 0.717) is 0 Å². The lowest BCUT2D eigenvalue weighted by Gasteiger charge is -2.37. The number of carbonyl (C=O) groups is 2. The van der Waals surface area contributed by atoms with Crippen molar-refractivity contribution >= 4 is 22.0 Å². The Kier molecular flexibility index (Phi) is 8.53. The van der Waals surface area contributed by atoms with Gasteiger partial charge in [0.1, 0.15) is 12.2 Å². The average Bonchev–Trinajstić information content (AvgIpc) is 2.44. The molecule has 0 amide bonds. The second-order valence-corrected chi connectivity index (χ2v) is 8.24. The molecule has 4 unspecified atom stereocenters. The van der Waals surface area contributed by atoms with Crippen LogP contribution in [-0.4, -0.2) is 55.2 Å². The summed E-state index contributed by atoms with van der Waals surface area (Å²) >= 11 is 0. The van der Waals surface area contributed by atoms with Crippen molar-refractivity contribution in [2.75, 3.05) is 6.26 Å². The maximum atomic E-state index is 12.3.